The molecule has 116 valence electrons. The normalized spacial score (nSPS) is 16.7. The Morgan fingerprint density at radius 3 is 2.60 bits per heavy atom. The van der Waals surface area contributed by atoms with E-state index in [1.807, 2.05) is 0 Å². The highest BCUT2D eigenvalue weighted by Crippen LogP contribution is 2.18. The molecule has 0 aromatic carbocycles. The van der Waals surface area contributed by atoms with Crippen molar-refractivity contribution in [2.45, 2.75) is 39.0 Å². The fourth-order valence-electron chi connectivity index (χ4n) is 1.56. The van der Waals surface area contributed by atoms with Crippen LogP contribution in [0, 0.1) is 0 Å². The first-order valence-corrected chi connectivity index (χ1v) is 6.39. The van der Waals surface area contributed by atoms with Gasteiger partial charge in [0, 0.05) is 13.1 Å². The molecule has 1 aliphatic heterocycles. The summed E-state index contributed by atoms with van der Waals surface area (Å²) in [7, 11) is 0. The highest BCUT2D eigenvalue weighted by molar-refractivity contribution is 5.87. The Kier molecular flexibility index (Phi) is 5.24. The van der Waals surface area contributed by atoms with Crippen molar-refractivity contribution in [2.75, 3.05) is 26.2 Å². The Bertz CT molecular complexity index is 375. The number of carbonyl (C=O) groups is 1. The molecule has 0 radical (unpaired) electrons. The number of hydrogen-bond acceptors (Lipinski definition) is 4. The van der Waals surface area contributed by atoms with Gasteiger partial charge in [-0.25, -0.2) is 4.79 Å². The summed E-state index contributed by atoms with van der Waals surface area (Å²) in [6.07, 6.45) is -5.62. The zero-order valence-electron chi connectivity index (χ0n) is 11.9. The van der Waals surface area contributed by atoms with Crippen LogP contribution in [0.15, 0.2) is 4.99 Å². The molecule has 0 fully saturated rings. The molecule has 0 atom stereocenters. The number of ether oxygens (including phenoxy) is 1. The van der Waals surface area contributed by atoms with E-state index in [9.17, 15) is 18.0 Å². The van der Waals surface area contributed by atoms with Crippen LogP contribution < -0.4 is 5.32 Å². The molecule has 1 N–H and O–H groups in total. The minimum Gasteiger partial charge on any atom is -0.444 e. The fraction of sp³-hybridized carbons (Fsp3) is 0.833. The van der Waals surface area contributed by atoms with Crippen LogP contribution >= 0.6 is 0 Å². The average Bonchev–Trinajstić information content (AvgIpc) is 2.25. The second kappa shape index (κ2) is 6.32. The number of carbonyl (C=O) groups excluding carboxylic acids is 1. The van der Waals surface area contributed by atoms with Crippen molar-refractivity contribution in [2.24, 2.45) is 4.99 Å². The van der Waals surface area contributed by atoms with Gasteiger partial charge in [-0.1, -0.05) is 0 Å². The van der Waals surface area contributed by atoms with E-state index in [0.29, 0.717) is 18.9 Å². The van der Waals surface area contributed by atoms with Gasteiger partial charge >= 0.3 is 12.3 Å². The molecule has 0 bridgehead atoms. The predicted molar refractivity (Wildman–Crippen MR) is 68.8 cm³/mol. The standard InChI is InChI=1S/C12H20F3N3O2/c1-11(2,3)20-10(19)18-7-6-17-9(8-18)16-5-4-12(13,14)15/h4-8H2,1-3H3,(H,16,17). The van der Waals surface area contributed by atoms with Gasteiger partial charge in [0.25, 0.3) is 0 Å². The molecule has 1 heterocycles. The lowest BCUT2D eigenvalue weighted by Gasteiger charge is -2.30. The number of nitrogens with zero attached hydrogens (tertiary/aromatic N) is 2. The van der Waals surface area contributed by atoms with Gasteiger partial charge in [0.05, 0.1) is 19.5 Å². The second-order valence-electron chi connectivity index (χ2n) is 5.52. The maximum atomic E-state index is 12.0. The van der Waals surface area contributed by atoms with Crippen LogP contribution in [-0.4, -0.2) is 54.8 Å². The molecule has 8 heteroatoms. The molecule has 1 rings (SSSR count). The first-order chi connectivity index (χ1) is 9.07. The molecule has 0 spiro atoms. The molecule has 0 saturated heterocycles. The van der Waals surface area contributed by atoms with E-state index in [4.69, 9.17) is 4.74 Å². The smallest absolute Gasteiger partial charge is 0.410 e. The van der Waals surface area contributed by atoms with Gasteiger partial charge in [-0.2, -0.15) is 13.2 Å². The minimum atomic E-state index is -4.20. The third-order valence-corrected chi connectivity index (χ3v) is 2.40. The van der Waals surface area contributed by atoms with Crippen molar-refractivity contribution in [3.8, 4) is 0 Å². The van der Waals surface area contributed by atoms with E-state index in [2.05, 4.69) is 10.3 Å². The summed E-state index contributed by atoms with van der Waals surface area (Å²) in [5.41, 5.74) is -0.602. The molecule has 0 unspecified atom stereocenters. The summed E-state index contributed by atoms with van der Waals surface area (Å²) in [5.74, 6) is 0.381. The average molecular weight is 295 g/mol. The number of amides is 1. The summed E-state index contributed by atoms with van der Waals surface area (Å²) in [4.78, 5) is 17.3. The van der Waals surface area contributed by atoms with Gasteiger partial charge in [-0.3, -0.25) is 9.89 Å². The molecule has 1 amide bonds. The zero-order chi connectivity index (χ0) is 15.4. The number of hydrogen-bond donors (Lipinski definition) is 1. The van der Waals surface area contributed by atoms with Crippen LogP contribution in [-0.2, 0) is 4.74 Å². The Labute approximate surface area is 116 Å². The van der Waals surface area contributed by atoms with Crippen LogP contribution in [0.1, 0.15) is 27.2 Å². The van der Waals surface area contributed by atoms with E-state index in [0.717, 1.165) is 0 Å². The number of alkyl halides is 3. The van der Waals surface area contributed by atoms with E-state index in [1.54, 1.807) is 20.8 Å². The van der Waals surface area contributed by atoms with Crippen molar-refractivity contribution in [1.29, 1.82) is 0 Å². The van der Waals surface area contributed by atoms with E-state index < -0.39 is 24.3 Å². The van der Waals surface area contributed by atoms with Crippen LogP contribution in [0.25, 0.3) is 0 Å². The molecule has 0 aliphatic carbocycles. The van der Waals surface area contributed by atoms with Crippen LogP contribution in [0.2, 0.25) is 0 Å². The number of aliphatic imine (C=N–C) groups is 1. The molecular formula is C12H20F3N3O2. The maximum Gasteiger partial charge on any atom is 0.410 e. The Morgan fingerprint density at radius 2 is 2.05 bits per heavy atom. The molecule has 20 heavy (non-hydrogen) atoms. The lowest BCUT2D eigenvalue weighted by molar-refractivity contribution is -0.132. The van der Waals surface area contributed by atoms with E-state index in [1.165, 1.54) is 4.90 Å². The van der Waals surface area contributed by atoms with Crippen LogP contribution in [0.5, 0.6) is 0 Å². The maximum absolute atomic E-state index is 12.0. The summed E-state index contributed by atoms with van der Waals surface area (Å²) in [6, 6.07) is 0. The third-order valence-electron chi connectivity index (χ3n) is 2.40. The highest BCUT2D eigenvalue weighted by atomic mass is 19.4. The molecular weight excluding hydrogens is 275 g/mol. The van der Waals surface area contributed by atoms with Gasteiger partial charge < -0.3 is 10.1 Å². The topological polar surface area (TPSA) is 53.9 Å². The van der Waals surface area contributed by atoms with Crippen molar-refractivity contribution in [1.82, 2.24) is 10.2 Å². The van der Waals surface area contributed by atoms with Crippen LogP contribution in [0.3, 0.4) is 0 Å². The first-order valence-electron chi connectivity index (χ1n) is 6.39. The Hall–Kier alpha value is -1.47. The van der Waals surface area contributed by atoms with Gasteiger partial charge in [0.15, 0.2) is 0 Å². The minimum absolute atomic E-state index is 0.146. The first kappa shape index (κ1) is 16.6. The van der Waals surface area contributed by atoms with Crippen molar-refractivity contribution < 1.29 is 22.7 Å². The molecule has 0 aromatic heterocycles. The quantitative estimate of drug-likeness (QED) is 0.849. The van der Waals surface area contributed by atoms with Crippen LogP contribution in [0.4, 0.5) is 18.0 Å². The SMILES string of the molecule is CC(C)(C)OC(=O)N1CCN=C(NCCC(F)(F)F)C1. The summed E-state index contributed by atoms with van der Waals surface area (Å²) in [5, 5.41) is 2.61. The number of amidine groups is 1. The van der Waals surface area contributed by atoms with Gasteiger partial charge in [-0.05, 0) is 20.8 Å². The third kappa shape index (κ3) is 6.63. The molecule has 0 saturated carbocycles. The monoisotopic (exact) mass is 295 g/mol. The largest absolute Gasteiger partial charge is 0.444 e. The summed E-state index contributed by atoms with van der Waals surface area (Å²) in [6.45, 7) is 5.92. The number of halogens is 3. The lowest BCUT2D eigenvalue weighted by Crippen LogP contribution is -2.47. The fourth-order valence-corrected chi connectivity index (χ4v) is 1.56. The lowest BCUT2D eigenvalue weighted by atomic mass is 10.2. The highest BCUT2D eigenvalue weighted by Gasteiger charge is 2.28. The predicted octanol–water partition coefficient (Wildman–Crippen LogP) is 2.18. The van der Waals surface area contributed by atoms with Crippen molar-refractivity contribution in [3.05, 3.63) is 0 Å². The summed E-state index contributed by atoms with van der Waals surface area (Å²) >= 11 is 0. The van der Waals surface area contributed by atoms with Crippen molar-refractivity contribution >= 4 is 11.9 Å². The van der Waals surface area contributed by atoms with E-state index >= 15 is 0 Å². The van der Waals surface area contributed by atoms with Gasteiger partial charge in [-0.15, -0.1) is 0 Å². The molecule has 5 nitrogen and oxygen atoms in total. The van der Waals surface area contributed by atoms with Gasteiger partial charge in [0.1, 0.15) is 11.4 Å². The van der Waals surface area contributed by atoms with Crippen molar-refractivity contribution in [3.63, 3.8) is 0 Å². The number of nitrogens with one attached hydrogen (secondary N) is 1. The number of rotatable bonds is 2. The summed E-state index contributed by atoms with van der Waals surface area (Å²) < 4.78 is 41.3. The molecule has 1 aliphatic rings. The molecule has 0 aromatic rings. The Morgan fingerprint density at radius 1 is 1.40 bits per heavy atom. The van der Waals surface area contributed by atoms with Gasteiger partial charge in [0.2, 0.25) is 0 Å². The zero-order valence-corrected chi connectivity index (χ0v) is 11.9. The second-order valence-corrected chi connectivity index (χ2v) is 5.52. The Balaban J connectivity index is 2.42. The van der Waals surface area contributed by atoms with E-state index in [-0.39, 0.29) is 13.1 Å².